The molecule has 0 unspecified atom stereocenters. The summed E-state index contributed by atoms with van der Waals surface area (Å²) in [6.07, 6.45) is 0.725. The monoisotopic (exact) mass is 303 g/mol. The molecule has 1 fully saturated rings. The van der Waals surface area contributed by atoms with E-state index in [1.165, 1.54) is 12.1 Å². The number of hydrogen-bond acceptors (Lipinski definition) is 3. The van der Waals surface area contributed by atoms with Crippen LogP contribution in [-0.2, 0) is 14.8 Å². The van der Waals surface area contributed by atoms with Crippen LogP contribution in [0.2, 0.25) is 0 Å². The summed E-state index contributed by atoms with van der Waals surface area (Å²) >= 11 is 0. The van der Waals surface area contributed by atoms with E-state index in [9.17, 15) is 22.0 Å². The second-order valence-electron chi connectivity index (χ2n) is 4.88. The first-order chi connectivity index (χ1) is 9.35. The number of carbonyl (C=O) groups is 1. The average Bonchev–Trinajstić information content (AvgIpc) is 3.12. The summed E-state index contributed by atoms with van der Waals surface area (Å²) < 4.78 is 51.6. The van der Waals surface area contributed by atoms with Gasteiger partial charge in [0.25, 0.3) is 0 Å². The maximum Gasteiger partial charge on any atom is 0.237 e. The summed E-state index contributed by atoms with van der Waals surface area (Å²) in [5.41, 5.74) is 0.123. The molecule has 1 aliphatic carbocycles. The van der Waals surface area contributed by atoms with Gasteiger partial charge in [-0.2, -0.15) is 0 Å². The van der Waals surface area contributed by atoms with Gasteiger partial charge in [-0.1, -0.05) is 19.1 Å². The molecule has 1 N–H and O–H groups in total. The van der Waals surface area contributed by atoms with Crippen molar-refractivity contribution < 1.29 is 22.0 Å². The number of hydrogen-bond donors (Lipinski definition) is 1. The molecule has 1 amide bonds. The van der Waals surface area contributed by atoms with Crippen LogP contribution in [0, 0.1) is 17.6 Å². The fourth-order valence-electron chi connectivity index (χ4n) is 2.18. The third kappa shape index (κ3) is 3.15. The Labute approximate surface area is 116 Å². The fourth-order valence-corrected chi connectivity index (χ4v) is 3.28. The Balaban J connectivity index is 2.05. The molecule has 20 heavy (non-hydrogen) atoms. The van der Waals surface area contributed by atoms with Gasteiger partial charge in [0.2, 0.25) is 15.9 Å². The lowest BCUT2D eigenvalue weighted by Gasteiger charge is -2.06. The molecule has 1 aromatic carbocycles. The smallest absolute Gasteiger partial charge is 0.237 e. The predicted molar refractivity (Wildman–Crippen MR) is 69.4 cm³/mol. The molecule has 0 heterocycles. The van der Waals surface area contributed by atoms with E-state index in [2.05, 4.69) is 0 Å². The number of halogens is 2. The minimum Gasteiger partial charge on any atom is -0.274 e. The Hall–Kier alpha value is -1.50. The molecule has 1 aromatic rings. The van der Waals surface area contributed by atoms with Gasteiger partial charge in [-0.3, -0.25) is 9.52 Å². The van der Waals surface area contributed by atoms with E-state index in [0.717, 1.165) is 6.07 Å². The summed E-state index contributed by atoms with van der Waals surface area (Å²) in [4.78, 5) is 11.8. The van der Waals surface area contributed by atoms with Crippen LogP contribution in [-0.4, -0.2) is 20.1 Å². The Morgan fingerprint density at radius 3 is 2.75 bits per heavy atom. The van der Waals surface area contributed by atoms with E-state index in [0.29, 0.717) is 12.8 Å². The van der Waals surface area contributed by atoms with Gasteiger partial charge in [-0.05, 0) is 30.4 Å². The summed E-state index contributed by atoms with van der Waals surface area (Å²) in [5.74, 6) is -3.78. The second kappa shape index (κ2) is 5.47. The van der Waals surface area contributed by atoms with Crippen molar-refractivity contribution in [3.63, 3.8) is 0 Å². The highest BCUT2D eigenvalue weighted by Gasteiger charge is 2.46. The standard InChI is InChI=1S/C13H15F2NO3S/c1-2-6-20(18,19)16-13(17)10-7-9(10)8-4-3-5-11(14)12(8)15/h3-5,9-10H,2,6-7H2,1H3,(H,16,17)/t9-,10-/m0/s1. The van der Waals surface area contributed by atoms with E-state index < -0.39 is 39.4 Å². The van der Waals surface area contributed by atoms with E-state index in [4.69, 9.17) is 0 Å². The predicted octanol–water partition coefficient (Wildman–Crippen LogP) is 1.92. The SMILES string of the molecule is CCCS(=O)(=O)NC(=O)[C@H]1C[C@H]1c1cccc(F)c1F. The molecule has 2 rings (SSSR count). The molecular weight excluding hydrogens is 288 g/mol. The van der Waals surface area contributed by atoms with Gasteiger partial charge in [0.05, 0.1) is 5.75 Å². The van der Waals surface area contributed by atoms with Crippen LogP contribution in [0.5, 0.6) is 0 Å². The topological polar surface area (TPSA) is 63.2 Å². The zero-order valence-corrected chi connectivity index (χ0v) is 11.7. The number of carbonyl (C=O) groups excluding carboxylic acids is 1. The first-order valence-electron chi connectivity index (χ1n) is 6.34. The lowest BCUT2D eigenvalue weighted by molar-refractivity contribution is -0.120. The maximum absolute atomic E-state index is 13.6. The normalized spacial score (nSPS) is 21.6. The highest BCUT2D eigenvalue weighted by molar-refractivity contribution is 7.90. The Kier molecular flexibility index (Phi) is 4.08. The van der Waals surface area contributed by atoms with Crippen LogP contribution in [0.15, 0.2) is 18.2 Å². The van der Waals surface area contributed by atoms with Crippen molar-refractivity contribution in [2.24, 2.45) is 5.92 Å². The summed E-state index contributed by atoms with van der Waals surface area (Å²) in [5, 5.41) is 0. The highest BCUT2D eigenvalue weighted by atomic mass is 32.2. The second-order valence-corrected chi connectivity index (χ2v) is 6.72. The number of rotatable bonds is 5. The molecule has 7 heteroatoms. The molecule has 0 bridgehead atoms. The lowest BCUT2D eigenvalue weighted by atomic mass is 10.1. The van der Waals surface area contributed by atoms with Gasteiger partial charge in [-0.25, -0.2) is 17.2 Å². The molecule has 0 saturated heterocycles. The molecule has 1 aliphatic rings. The highest BCUT2D eigenvalue weighted by Crippen LogP contribution is 2.48. The van der Waals surface area contributed by atoms with Crippen LogP contribution >= 0.6 is 0 Å². The quantitative estimate of drug-likeness (QED) is 0.904. The lowest BCUT2D eigenvalue weighted by Crippen LogP contribution is -2.33. The third-order valence-electron chi connectivity index (χ3n) is 3.24. The Morgan fingerprint density at radius 2 is 2.10 bits per heavy atom. The van der Waals surface area contributed by atoms with Crippen LogP contribution in [0.3, 0.4) is 0 Å². The third-order valence-corrected chi connectivity index (χ3v) is 4.69. The van der Waals surface area contributed by atoms with E-state index in [1.54, 1.807) is 6.92 Å². The average molecular weight is 303 g/mol. The van der Waals surface area contributed by atoms with E-state index >= 15 is 0 Å². The molecule has 4 nitrogen and oxygen atoms in total. The maximum atomic E-state index is 13.6. The van der Waals surface area contributed by atoms with E-state index in [1.807, 2.05) is 4.72 Å². The molecule has 0 aromatic heterocycles. The number of amides is 1. The minimum absolute atomic E-state index is 0.123. The van der Waals surface area contributed by atoms with Crippen LogP contribution in [0.4, 0.5) is 8.78 Å². The van der Waals surface area contributed by atoms with E-state index in [-0.39, 0.29) is 11.3 Å². The van der Waals surface area contributed by atoms with Crippen LogP contribution in [0.25, 0.3) is 0 Å². The molecule has 1 saturated carbocycles. The van der Waals surface area contributed by atoms with Gasteiger partial charge in [0.15, 0.2) is 11.6 Å². The van der Waals surface area contributed by atoms with Crippen molar-refractivity contribution in [1.29, 1.82) is 0 Å². The van der Waals surface area contributed by atoms with Crippen molar-refractivity contribution in [3.05, 3.63) is 35.4 Å². The Morgan fingerprint density at radius 1 is 1.40 bits per heavy atom. The van der Waals surface area contributed by atoms with Crippen molar-refractivity contribution in [2.45, 2.75) is 25.7 Å². The first-order valence-corrected chi connectivity index (χ1v) is 7.99. The van der Waals surface area contributed by atoms with Crippen molar-refractivity contribution >= 4 is 15.9 Å². The summed E-state index contributed by atoms with van der Waals surface area (Å²) in [7, 11) is -3.63. The zero-order valence-electron chi connectivity index (χ0n) is 10.9. The van der Waals surface area contributed by atoms with Crippen molar-refractivity contribution in [2.75, 3.05) is 5.75 Å². The molecule has 2 atom stereocenters. The zero-order chi connectivity index (χ0) is 14.9. The summed E-state index contributed by atoms with van der Waals surface area (Å²) in [6.45, 7) is 1.69. The molecular formula is C13H15F2NO3S. The largest absolute Gasteiger partial charge is 0.274 e. The fraction of sp³-hybridized carbons (Fsp3) is 0.462. The van der Waals surface area contributed by atoms with Gasteiger partial charge >= 0.3 is 0 Å². The van der Waals surface area contributed by atoms with Crippen molar-refractivity contribution in [3.8, 4) is 0 Å². The Bertz CT molecular complexity index is 631. The number of sulfonamides is 1. The minimum atomic E-state index is -3.63. The van der Waals surface area contributed by atoms with Gasteiger partial charge in [0.1, 0.15) is 0 Å². The molecule has 110 valence electrons. The molecule has 0 radical (unpaired) electrons. The number of benzene rings is 1. The molecule has 0 spiro atoms. The first kappa shape index (κ1) is 14.9. The van der Waals surface area contributed by atoms with Gasteiger partial charge in [0, 0.05) is 5.92 Å². The van der Waals surface area contributed by atoms with Crippen LogP contribution < -0.4 is 4.72 Å². The van der Waals surface area contributed by atoms with Gasteiger partial charge < -0.3 is 0 Å². The van der Waals surface area contributed by atoms with Crippen LogP contribution in [0.1, 0.15) is 31.2 Å². The molecule has 0 aliphatic heterocycles. The summed E-state index contributed by atoms with van der Waals surface area (Å²) in [6, 6.07) is 3.79. The number of nitrogens with one attached hydrogen (secondary N) is 1. The van der Waals surface area contributed by atoms with Gasteiger partial charge in [-0.15, -0.1) is 0 Å². The van der Waals surface area contributed by atoms with Crippen molar-refractivity contribution in [1.82, 2.24) is 4.72 Å².